The molecule has 0 amide bonds. The Hall–Kier alpha value is 0.0569. The quantitative estimate of drug-likeness (QED) is 0.188. The molecular formula is C19H40O4Si. The first kappa shape index (κ1) is 22.1. The van der Waals surface area contributed by atoms with Gasteiger partial charge in [0.2, 0.25) is 0 Å². The summed E-state index contributed by atoms with van der Waals surface area (Å²) in [6.07, 6.45) is 18.2. The van der Waals surface area contributed by atoms with Crippen LogP contribution in [-0.4, -0.2) is 42.8 Å². The van der Waals surface area contributed by atoms with E-state index in [4.69, 9.17) is 18.0 Å². The second kappa shape index (κ2) is 14.2. The zero-order chi connectivity index (χ0) is 17.5. The van der Waals surface area contributed by atoms with Crippen molar-refractivity contribution in [3.8, 4) is 0 Å². The molecule has 4 nitrogen and oxygen atoms in total. The van der Waals surface area contributed by atoms with E-state index in [1.165, 1.54) is 77.0 Å². The van der Waals surface area contributed by atoms with E-state index in [-0.39, 0.29) is 0 Å². The van der Waals surface area contributed by atoms with E-state index in [1.54, 1.807) is 21.3 Å². The fourth-order valence-electron chi connectivity index (χ4n) is 3.27. The number of hydrogen-bond donors (Lipinski definition) is 0. The van der Waals surface area contributed by atoms with Gasteiger partial charge >= 0.3 is 8.80 Å². The van der Waals surface area contributed by atoms with Gasteiger partial charge in [-0.2, -0.15) is 0 Å². The zero-order valence-electron chi connectivity index (χ0n) is 16.3. The van der Waals surface area contributed by atoms with Gasteiger partial charge in [-0.15, -0.1) is 0 Å². The minimum atomic E-state index is -2.33. The molecule has 1 unspecified atom stereocenters. The van der Waals surface area contributed by atoms with E-state index in [2.05, 4.69) is 0 Å². The van der Waals surface area contributed by atoms with Gasteiger partial charge in [0.05, 0.1) is 12.7 Å². The van der Waals surface area contributed by atoms with E-state index in [9.17, 15) is 0 Å². The smallest absolute Gasteiger partial charge is 0.377 e. The predicted octanol–water partition coefficient (Wildman–Crippen LogP) is 5.33. The Morgan fingerprint density at radius 3 is 1.42 bits per heavy atom. The molecule has 0 aliphatic carbocycles. The van der Waals surface area contributed by atoms with Crippen LogP contribution < -0.4 is 0 Å². The maximum absolute atomic E-state index is 5.45. The zero-order valence-corrected chi connectivity index (χ0v) is 17.3. The Kier molecular flexibility index (Phi) is 13.1. The van der Waals surface area contributed by atoms with Crippen LogP contribution in [0, 0.1) is 0 Å². The molecule has 144 valence electrons. The highest BCUT2D eigenvalue weighted by atomic mass is 28.4. The van der Waals surface area contributed by atoms with Gasteiger partial charge in [0.25, 0.3) is 0 Å². The summed E-state index contributed by atoms with van der Waals surface area (Å²) < 4.78 is 21.6. The molecule has 0 aromatic rings. The van der Waals surface area contributed by atoms with Crippen molar-refractivity contribution in [1.82, 2.24) is 0 Å². The van der Waals surface area contributed by atoms with Crippen molar-refractivity contribution >= 4 is 8.80 Å². The van der Waals surface area contributed by atoms with Crippen LogP contribution in [0.25, 0.3) is 0 Å². The molecule has 0 N–H and O–H groups in total. The lowest BCUT2D eigenvalue weighted by Gasteiger charge is -2.24. The van der Waals surface area contributed by atoms with Gasteiger partial charge in [-0.25, -0.2) is 0 Å². The summed E-state index contributed by atoms with van der Waals surface area (Å²) in [5.41, 5.74) is 0. The molecule has 0 bridgehead atoms. The average Bonchev–Trinajstić information content (AvgIpc) is 3.43. The number of unbranched alkanes of at least 4 members (excludes halogenated alkanes) is 11. The molecule has 1 fully saturated rings. The highest BCUT2D eigenvalue weighted by molar-refractivity contribution is 6.60. The van der Waals surface area contributed by atoms with E-state index in [0.717, 1.165) is 19.1 Å². The first-order valence-corrected chi connectivity index (χ1v) is 12.0. The molecule has 0 aromatic heterocycles. The maximum Gasteiger partial charge on any atom is 0.500 e. The van der Waals surface area contributed by atoms with Gasteiger partial charge in [0, 0.05) is 27.4 Å². The van der Waals surface area contributed by atoms with Gasteiger partial charge in [-0.3, -0.25) is 0 Å². The largest absolute Gasteiger partial charge is 0.500 e. The topological polar surface area (TPSA) is 40.2 Å². The van der Waals surface area contributed by atoms with Gasteiger partial charge in [0.15, 0.2) is 0 Å². The predicted molar refractivity (Wildman–Crippen MR) is 101 cm³/mol. The average molecular weight is 361 g/mol. The van der Waals surface area contributed by atoms with Crippen LogP contribution in [0.4, 0.5) is 0 Å². The van der Waals surface area contributed by atoms with Crippen molar-refractivity contribution in [3.63, 3.8) is 0 Å². The minimum absolute atomic E-state index is 0.627. The van der Waals surface area contributed by atoms with Crippen molar-refractivity contribution in [2.75, 3.05) is 27.9 Å². The normalized spacial score (nSPS) is 17.4. The molecule has 0 aromatic carbocycles. The third kappa shape index (κ3) is 10.8. The number of epoxide rings is 1. The Labute approximate surface area is 151 Å². The molecule has 1 rings (SSSR count). The van der Waals surface area contributed by atoms with Crippen LogP contribution in [0.5, 0.6) is 0 Å². The summed E-state index contributed by atoms with van der Waals surface area (Å²) in [7, 11) is 2.76. The molecule has 1 aliphatic heterocycles. The van der Waals surface area contributed by atoms with Crippen molar-refractivity contribution < 1.29 is 18.0 Å². The van der Waals surface area contributed by atoms with Crippen LogP contribution in [0.1, 0.15) is 83.5 Å². The second-order valence-electron chi connectivity index (χ2n) is 7.03. The Morgan fingerprint density at radius 1 is 0.667 bits per heavy atom. The van der Waals surface area contributed by atoms with Crippen LogP contribution in [0.2, 0.25) is 6.04 Å². The lowest BCUT2D eigenvalue weighted by atomic mass is 10.0. The van der Waals surface area contributed by atoms with E-state index in [1.807, 2.05) is 0 Å². The summed E-state index contributed by atoms with van der Waals surface area (Å²) in [4.78, 5) is 0. The summed E-state index contributed by atoms with van der Waals surface area (Å²) >= 11 is 0. The fraction of sp³-hybridized carbons (Fsp3) is 1.00. The van der Waals surface area contributed by atoms with E-state index in [0.29, 0.717) is 6.10 Å². The monoisotopic (exact) mass is 360 g/mol. The first-order valence-electron chi connectivity index (χ1n) is 10.0. The Morgan fingerprint density at radius 2 is 1.04 bits per heavy atom. The maximum atomic E-state index is 5.45. The summed E-state index contributed by atoms with van der Waals surface area (Å²) in [5, 5.41) is 0. The lowest BCUT2D eigenvalue weighted by Crippen LogP contribution is -2.42. The summed E-state index contributed by atoms with van der Waals surface area (Å²) in [6, 6.07) is 0.934. The molecule has 5 heteroatoms. The van der Waals surface area contributed by atoms with Crippen LogP contribution in [0.15, 0.2) is 0 Å². The van der Waals surface area contributed by atoms with Gasteiger partial charge in [-0.1, -0.05) is 70.6 Å². The SMILES string of the molecule is CO[Si](CCCCCCCCCCCCCCC1CO1)(OC)OC. The van der Waals surface area contributed by atoms with Crippen LogP contribution in [-0.2, 0) is 18.0 Å². The molecule has 1 atom stereocenters. The molecule has 1 saturated heterocycles. The van der Waals surface area contributed by atoms with Crippen molar-refractivity contribution in [2.45, 2.75) is 95.6 Å². The second-order valence-corrected chi connectivity index (χ2v) is 10.1. The minimum Gasteiger partial charge on any atom is -0.377 e. The van der Waals surface area contributed by atoms with Gasteiger partial charge in [-0.05, 0) is 12.8 Å². The number of rotatable bonds is 18. The molecule has 0 radical (unpaired) electrons. The number of hydrogen-bond acceptors (Lipinski definition) is 4. The number of ether oxygens (including phenoxy) is 1. The molecule has 0 saturated carbocycles. The van der Waals surface area contributed by atoms with Gasteiger partial charge in [0.1, 0.15) is 0 Å². The molecule has 24 heavy (non-hydrogen) atoms. The van der Waals surface area contributed by atoms with Crippen molar-refractivity contribution in [2.24, 2.45) is 0 Å². The first-order chi connectivity index (χ1) is 11.8. The van der Waals surface area contributed by atoms with Gasteiger partial charge < -0.3 is 18.0 Å². The standard InChI is InChI=1S/C19H40O4Si/c1-20-24(21-2,22-3)17-15-13-11-9-7-5-4-6-8-10-12-14-16-19-18-23-19/h19H,4-18H2,1-3H3. The van der Waals surface area contributed by atoms with E-state index >= 15 is 0 Å². The highest BCUT2D eigenvalue weighted by Crippen LogP contribution is 2.20. The van der Waals surface area contributed by atoms with Crippen LogP contribution >= 0.6 is 0 Å². The lowest BCUT2D eigenvalue weighted by molar-refractivity contribution is 0.122. The Bertz CT molecular complexity index is 272. The van der Waals surface area contributed by atoms with Crippen molar-refractivity contribution in [1.29, 1.82) is 0 Å². The summed E-state index contributed by atoms with van der Waals surface area (Å²) in [6.45, 7) is 1.02. The van der Waals surface area contributed by atoms with E-state index < -0.39 is 8.80 Å². The third-order valence-corrected chi connectivity index (χ3v) is 7.93. The Balaban J connectivity index is 1.75. The molecular weight excluding hydrogens is 320 g/mol. The molecule has 1 aliphatic rings. The van der Waals surface area contributed by atoms with Crippen molar-refractivity contribution in [3.05, 3.63) is 0 Å². The summed E-state index contributed by atoms with van der Waals surface area (Å²) in [5.74, 6) is 0. The third-order valence-electron chi connectivity index (χ3n) is 5.09. The van der Waals surface area contributed by atoms with Crippen LogP contribution in [0.3, 0.4) is 0 Å². The molecule has 1 heterocycles. The molecule has 0 spiro atoms. The fourth-order valence-corrected chi connectivity index (χ4v) is 5.07. The highest BCUT2D eigenvalue weighted by Gasteiger charge is 2.36.